The van der Waals surface area contributed by atoms with E-state index in [1.165, 1.54) is 4.31 Å². The molecular formula is C13H27ClN2O2S. The lowest BCUT2D eigenvalue weighted by molar-refractivity contribution is 0.284. The smallest absolute Gasteiger partial charge is 0.201 e. The summed E-state index contributed by atoms with van der Waals surface area (Å²) in [6.45, 7) is 9.99. The van der Waals surface area contributed by atoms with Crippen molar-refractivity contribution in [2.24, 2.45) is 11.3 Å². The van der Waals surface area contributed by atoms with Crippen molar-refractivity contribution in [3.05, 3.63) is 0 Å². The Kier molecular flexibility index (Phi) is 6.11. The molecule has 1 aliphatic rings. The van der Waals surface area contributed by atoms with Gasteiger partial charge >= 0.3 is 0 Å². The van der Waals surface area contributed by atoms with Crippen molar-refractivity contribution < 1.29 is 8.42 Å². The molecule has 0 amide bonds. The van der Waals surface area contributed by atoms with Gasteiger partial charge in [-0.1, -0.05) is 27.7 Å². The summed E-state index contributed by atoms with van der Waals surface area (Å²) in [5.41, 5.74) is 0.110. The maximum atomic E-state index is 12.1. The largest absolute Gasteiger partial charge is 0.279 e. The minimum absolute atomic E-state index is 0.110. The third-order valence-corrected chi connectivity index (χ3v) is 5.29. The summed E-state index contributed by atoms with van der Waals surface area (Å²) in [5, 5.41) is -0.168. The molecular weight excluding hydrogens is 284 g/mol. The molecule has 1 saturated heterocycles. The lowest BCUT2D eigenvalue weighted by Crippen LogP contribution is -2.46. The summed E-state index contributed by atoms with van der Waals surface area (Å²) < 4.78 is 28.4. The van der Waals surface area contributed by atoms with E-state index in [9.17, 15) is 8.42 Å². The molecule has 19 heavy (non-hydrogen) atoms. The van der Waals surface area contributed by atoms with Crippen molar-refractivity contribution in [1.29, 1.82) is 0 Å². The van der Waals surface area contributed by atoms with Crippen LogP contribution in [-0.2, 0) is 10.2 Å². The number of nitrogens with one attached hydrogen (secondary N) is 1. The predicted molar refractivity (Wildman–Crippen MR) is 80.6 cm³/mol. The van der Waals surface area contributed by atoms with Crippen LogP contribution in [0.5, 0.6) is 0 Å². The molecule has 1 rings (SSSR count). The predicted octanol–water partition coefficient (Wildman–Crippen LogP) is 2.60. The van der Waals surface area contributed by atoms with E-state index in [2.05, 4.69) is 32.4 Å². The van der Waals surface area contributed by atoms with Crippen LogP contribution in [0.15, 0.2) is 0 Å². The number of rotatable bonds is 5. The van der Waals surface area contributed by atoms with Crippen molar-refractivity contribution in [3.8, 4) is 0 Å². The highest BCUT2D eigenvalue weighted by Crippen LogP contribution is 2.23. The second kappa shape index (κ2) is 6.74. The molecule has 0 bridgehead atoms. The summed E-state index contributed by atoms with van der Waals surface area (Å²) in [4.78, 5) is 0. The summed E-state index contributed by atoms with van der Waals surface area (Å²) >= 11 is 6.19. The lowest BCUT2D eigenvalue weighted by atomic mass is 9.90. The number of hydrogen-bond acceptors (Lipinski definition) is 2. The van der Waals surface area contributed by atoms with Crippen molar-refractivity contribution in [2.75, 3.05) is 19.6 Å². The van der Waals surface area contributed by atoms with Crippen LogP contribution in [-0.4, -0.2) is 37.7 Å². The Morgan fingerprint density at radius 2 is 1.84 bits per heavy atom. The van der Waals surface area contributed by atoms with Crippen LogP contribution in [0, 0.1) is 11.3 Å². The highest BCUT2D eigenvalue weighted by molar-refractivity contribution is 7.87. The fraction of sp³-hybridized carbons (Fsp3) is 1.00. The van der Waals surface area contributed by atoms with E-state index in [0.717, 1.165) is 19.3 Å². The van der Waals surface area contributed by atoms with Gasteiger partial charge in [-0.2, -0.15) is 12.7 Å². The molecule has 6 heteroatoms. The van der Waals surface area contributed by atoms with Crippen LogP contribution in [0.25, 0.3) is 0 Å². The van der Waals surface area contributed by atoms with Gasteiger partial charge in [0.25, 0.3) is 10.2 Å². The monoisotopic (exact) mass is 310 g/mol. The van der Waals surface area contributed by atoms with Gasteiger partial charge in [0.05, 0.1) is 0 Å². The zero-order valence-corrected chi connectivity index (χ0v) is 14.0. The van der Waals surface area contributed by atoms with Gasteiger partial charge in [-0.15, -0.1) is 11.6 Å². The quantitative estimate of drug-likeness (QED) is 0.794. The molecule has 1 N–H and O–H groups in total. The van der Waals surface area contributed by atoms with Crippen LogP contribution in [0.4, 0.5) is 0 Å². The summed E-state index contributed by atoms with van der Waals surface area (Å²) in [7, 11) is -3.36. The number of hydrogen-bond donors (Lipinski definition) is 1. The molecule has 1 aliphatic heterocycles. The van der Waals surface area contributed by atoms with Crippen molar-refractivity contribution in [2.45, 2.75) is 52.3 Å². The number of halogens is 1. The average Bonchev–Trinajstić information content (AvgIpc) is 2.25. The van der Waals surface area contributed by atoms with E-state index in [1.54, 1.807) is 0 Å². The maximum absolute atomic E-state index is 12.1. The Morgan fingerprint density at radius 3 is 2.32 bits per heavy atom. The fourth-order valence-corrected chi connectivity index (χ4v) is 4.17. The first-order valence-corrected chi connectivity index (χ1v) is 8.86. The Labute approximate surface area is 123 Å². The molecule has 0 aromatic carbocycles. The summed E-state index contributed by atoms with van der Waals surface area (Å²) in [6, 6.07) is 0. The highest BCUT2D eigenvalue weighted by Gasteiger charge is 2.27. The van der Waals surface area contributed by atoms with Gasteiger partial charge < -0.3 is 0 Å². The number of piperidine rings is 1. The number of alkyl halides is 1. The summed E-state index contributed by atoms with van der Waals surface area (Å²) in [5.74, 6) is 0.619. The first-order chi connectivity index (χ1) is 8.60. The van der Waals surface area contributed by atoms with E-state index in [0.29, 0.717) is 25.6 Å². The molecule has 0 radical (unpaired) electrons. The Hall–Kier alpha value is 0.160. The van der Waals surface area contributed by atoms with Crippen LogP contribution in [0.3, 0.4) is 0 Å². The van der Waals surface area contributed by atoms with Gasteiger partial charge in [0.1, 0.15) is 0 Å². The molecule has 0 aliphatic carbocycles. The standard InChI is InChI=1S/C13H27ClN2O2S/c1-11-5-7-16(8-6-11)19(17,18)15-10-12(14)9-13(2,3)4/h11-12,15H,5-10H2,1-4H3. The zero-order chi connectivity index (χ0) is 14.7. The van der Waals surface area contributed by atoms with Crippen molar-refractivity contribution in [1.82, 2.24) is 9.03 Å². The molecule has 4 nitrogen and oxygen atoms in total. The average molecular weight is 311 g/mol. The molecule has 114 valence electrons. The molecule has 1 heterocycles. The highest BCUT2D eigenvalue weighted by atomic mass is 35.5. The topological polar surface area (TPSA) is 49.4 Å². The molecule has 1 atom stereocenters. The van der Waals surface area contributed by atoms with Crippen molar-refractivity contribution in [3.63, 3.8) is 0 Å². The van der Waals surface area contributed by atoms with E-state index in [4.69, 9.17) is 11.6 Å². The van der Waals surface area contributed by atoms with Crippen LogP contribution in [0.1, 0.15) is 47.0 Å². The van der Waals surface area contributed by atoms with E-state index in [1.807, 2.05) is 0 Å². The Balaban J connectivity index is 2.43. The van der Waals surface area contributed by atoms with Gasteiger partial charge in [-0.05, 0) is 30.6 Å². The molecule has 1 fully saturated rings. The van der Waals surface area contributed by atoms with Gasteiger partial charge in [0.15, 0.2) is 0 Å². The van der Waals surface area contributed by atoms with Crippen LogP contribution in [0.2, 0.25) is 0 Å². The Bertz CT molecular complexity index is 371. The molecule has 0 aromatic rings. The molecule has 0 aromatic heterocycles. The first kappa shape index (κ1) is 17.2. The zero-order valence-electron chi connectivity index (χ0n) is 12.4. The number of nitrogens with zero attached hydrogens (tertiary/aromatic N) is 1. The van der Waals surface area contributed by atoms with Gasteiger partial charge in [-0.25, -0.2) is 4.72 Å². The van der Waals surface area contributed by atoms with Gasteiger partial charge in [0.2, 0.25) is 0 Å². The third-order valence-electron chi connectivity index (χ3n) is 3.40. The lowest BCUT2D eigenvalue weighted by Gasteiger charge is -2.30. The first-order valence-electron chi connectivity index (χ1n) is 6.99. The van der Waals surface area contributed by atoms with E-state index >= 15 is 0 Å². The third kappa shape index (κ3) is 6.43. The maximum Gasteiger partial charge on any atom is 0.279 e. The second-order valence-corrected chi connectivity index (χ2v) is 9.17. The fourth-order valence-electron chi connectivity index (χ4n) is 2.25. The van der Waals surface area contributed by atoms with E-state index in [-0.39, 0.29) is 10.8 Å². The normalized spacial score (nSPS) is 21.5. The Morgan fingerprint density at radius 1 is 1.32 bits per heavy atom. The molecule has 0 saturated carbocycles. The van der Waals surface area contributed by atoms with Crippen molar-refractivity contribution >= 4 is 21.8 Å². The molecule has 0 spiro atoms. The second-order valence-electron chi connectivity index (χ2n) is 6.80. The minimum Gasteiger partial charge on any atom is -0.201 e. The molecule has 1 unspecified atom stereocenters. The van der Waals surface area contributed by atoms with E-state index < -0.39 is 10.2 Å². The minimum atomic E-state index is -3.36. The van der Waals surface area contributed by atoms with Crippen LogP contribution < -0.4 is 4.72 Å². The van der Waals surface area contributed by atoms with Gasteiger partial charge in [-0.3, -0.25) is 0 Å². The van der Waals surface area contributed by atoms with Crippen LogP contribution >= 0.6 is 11.6 Å². The summed E-state index contributed by atoms with van der Waals surface area (Å²) in [6.07, 6.45) is 2.66. The SMILES string of the molecule is CC1CCN(S(=O)(=O)NCC(Cl)CC(C)(C)C)CC1. The van der Waals surface area contributed by atoms with Gasteiger partial charge in [0, 0.05) is 25.0 Å².